The number of hydrogen-bond acceptors (Lipinski definition) is 4. The highest BCUT2D eigenvalue weighted by Crippen LogP contribution is 2.54. The van der Waals surface area contributed by atoms with Crippen molar-refractivity contribution in [2.45, 2.75) is 45.2 Å². The molecule has 1 heterocycles. The second kappa shape index (κ2) is 10.1. The third kappa shape index (κ3) is 4.81. The molecule has 7 heteroatoms. The van der Waals surface area contributed by atoms with Gasteiger partial charge in [-0.05, 0) is 60.9 Å². The number of fused-ring (bicyclic) bond motifs is 1. The summed E-state index contributed by atoms with van der Waals surface area (Å²) in [5, 5.41) is 2.84. The fourth-order valence-electron chi connectivity index (χ4n) is 5.76. The number of nitrogens with two attached hydrogens (primary N) is 1. The summed E-state index contributed by atoms with van der Waals surface area (Å²) in [5.74, 6) is -1.08. The summed E-state index contributed by atoms with van der Waals surface area (Å²) in [5.41, 5.74) is 7.66. The quantitative estimate of drug-likeness (QED) is 0.518. The van der Waals surface area contributed by atoms with Crippen LogP contribution < -0.4 is 20.7 Å². The molecule has 1 aliphatic heterocycles. The lowest BCUT2D eigenvalue weighted by molar-refractivity contribution is -0.127. The highest BCUT2D eigenvalue weighted by atomic mass is 16.5. The van der Waals surface area contributed by atoms with Crippen molar-refractivity contribution in [2.24, 2.45) is 11.7 Å². The predicted octanol–water partition coefficient (Wildman–Crippen LogP) is 3.73. The molecule has 0 saturated heterocycles. The van der Waals surface area contributed by atoms with Crippen molar-refractivity contribution in [1.29, 1.82) is 0 Å². The van der Waals surface area contributed by atoms with E-state index in [0.717, 1.165) is 22.4 Å². The van der Waals surface area contributed by atoms with Gasteiger partial charge in [0.25, 0.3) is 5.91 Å². The van der Waals surface area contributed by atoms with Crippen LogP contribution >= 0.6 is 0 Å². The van der Waals surface area contributed by atoms with E-state index in [2.05, 4.69) is 11.4 Å². The van der Waals surface area contributed by atoms with E-state index >= 15 is 0 Å². The molecule has 3 N–H and O–H groups in total. The first-order valence-corrected chi connectivity index (χ1v) is 12.2. The molecule has 0 aliphatic carbocycles. The van der Waals surface area contributed by atoms with Crippen molar-refractivity contribution in [3.05, 3.63) is 95.6 Å². The second-order valence-corrected chi connectivity index (χ2v) is 10.1. The van der Waals surface area contributed by atoms with Crippen LogP contribution in [0.3, 0.4) is 0 Å². The lowest BCUT2D eigenvalue weighted by Crippen LogP contribution is -2.65. The van der Waals surface area contributed by atoms with Crippen LogP contribution in [0.1, 0.15) is 44.4 Å². The van der Waals surface area contributed by atoms with Crippen molar-refractivity contribution >= 4 is 23.4 Å². The number of benzene rings is 3. The van der Waals surface area contributed by atoms with Gasteiger partial charge < -0.3 is 20.7 Å². The van der Waals surface area contributed by atoms with E-state index in [4.69, 9.17) is 10.5 Å². The zero-order valence-corrected chi connectivity index (χ0v) is 21.6. The van der Waals surface area contributed by atoms with Gasteiger partial charge in [0.15, 0.2) is 6.61 Å². The van der Waals surface area contributed by atoms with Crippen LogP contribution in [0, 0.1) is 12.0 Å². The van der Waals surface area contributed by atoms with E-state index in [9.17, 15) is 14.4 Å². The zero-order chi connectivity index (χ0) is 26.8. The third-order valence-corrected chi connectivity index (χ3v) is 7.26. The van der Waals surface area contributed by atoms with Gasteiger partial charge >= 0.3 is 0 Å². The van der Waals surface area contributed by atoms with Gasteiger partial charge in [0.05, 0.1) is 11.5 Å². The first-order valence-electron chi connectivity index (χ1n) is 12.2. The van der Waals surface area contributed by atoms with Gasteiger partial charge in [-0.15, -0.1) is 0 Å². The molecule has 0 fully saturated rings. The van der Waals surface area contributed by atoms with Gasteiger partial charge in [0.1, 0.15) is 5.75 Å². The molecule has 3 aromatic rings. The Morgan fingerprint density at radius 2 is 1.70 bits per heavy atom. The van der Waals surface area contributed by atoms with Crippen molar-refractivity contribution in [1.82, 2.24) is 5.32 Å². The number of ether oxygens (including phenoxy) is 1. The average Bonchev–Trinajstić information content (AvgIpc) is 2.86. The number of amides is 3. The van der Waals surface area contributed by atoms with Gasteiger partial charge in [-0.3, -0.25) is 14.4 Å². The first kappa shape index (κ1) is 25.9. The molecular weight excluding hydrogens is 466 g/mol. The zero-order valence-electron chi connectivity index (χ0n) is 21.6. The third-order valence-electron chi connectivity index (χ3n) is 7.26. The molecular formula is C30H32N3O4. The van der Waals surface area contributed by atoms with E-state index in [1.54, 1.807) is 23.1 Å². The monoisotopic (exact) mass is 498 g/mol. The molecule has 0 aromatic heterocycles. The smallest absolute Gasteiger partial charge is 0.258 e. The van der Waals surface area contributed by atoms with Crippen LogP contribution in [0.5, 0.6) is 5.75 Å². The maximum absolute atomic E-state index is 13.0. The van der Waals surface area contributed by atoms with E-state index in [-0.39, 0.29) is 18.4 Å². The Bertz CT molecular complexity index is 1300. The summed E-state index contributed by atoms with van der Waals surface area (Å²) in [4.78, 5) is 39.6. The molecule has 4 rings (SSSR count). The highest BCUT2D eigenvalue weighted by molar-refractivity contribution is 5.98. The van der Waals surface area contributed by atoms with E-state index in [1.807, 2.05) is 75.4 Å². The minimum Gasteiger partial charge on any atom is -0.484 e. The fraction of sp³-hybridized carbons (Fsp3) is 0.300. The van der Waals surface area contributed by atoms with Crippen molar-refractivity contribution < 1.29 is 19.1 Å². The number of rotatable bonds is 7. The number of carbonyl (C=O) groups is 3. The van der Waals surface area contributed by atoms with Gasteiger partial charge in [-0.25, -0.2) is 0 Å². The summed E-state index contributed by atoms with van der Waals surface area (Å²) < 4.78 is 5.70. The lowest BCUT2D eigenvalue weighted by Gasteiger charge is -2.55. The Morgan fingerprint density at radius 1 is 1.03 bits per heavy atom. The molecule has 2 unspecified atom stereocenters. The van der Waals surface area contributed by atoms with Crippen molar-refractivity contribution in [2.75, 3.05) is 11.5 Å². The highest BCUT2D eigenvalue weighted by Gasteiger charge is 2.57. The molecule has 37 heavy (non-hydrogen) atoms. The minimum absolute atomic E-state index is 0.119. The molecule has 3 aromatic carbocycles. The van der Waals surface area contributed by atoms with Crippen LogP contribution in [0.4, 0.5) is 5.69 Å². The Labute approximate surface area is 217 Å². The Hall–Kier alpha value is -4.13. The van der Waals surface area contributed by atoms with E-state index in [0.29, 0.717) is 12.3 Å². The van der Waals surface area contributed by atoms with Gasteiger partial charge in [0.2, 0.25) is 11.8 Å². The van der Waals surface area contributed by atoms with Gasteiger partial charge in [0, 0.05) is 24.6 Å². The first-order chi connectivity index (χ1) is 17.6. The standard InChI is InChI=1S/C30H32N3O4/c1-20(34)33-25-13-9-8-12-24(25)30(4,27(28(31)36)29(33,2)3)22-14-16-23(17-15-22)37-19-26(35)32-18-21-10-6-5-7-11-21/h5-7,9-17,27H,18-19H2,1-4H3,(H2,31,36)(H,32,35). The minimum atomic E-state index is -0.882. The van der Waals surface area contributed by atoms with Gasteiger partial charge in [-0.2, -0.15) is 0 Å². The summed E-state index contributed by atoms with van der Waals surface area (Å²) in [6, 6.07) is 25.5. The Kier molecular flexibility index (Phi) is 7.07. The number of anilines is 1. The normalized spacial score (nSPS) is 20.0. The number of hydrogen-bond donors (Lipinski definition) is 2. The van der Waals surface area contributed by atoms with Crippen LogP contribution in [0.2, 0.25) is 0 Å². The predicted molar refractivity (Wildman–Crippen MR) is 142 cm³/mol. The van der Waals surface area contributed by atoms with Crippen molar-refractivity contribution in [3.63, 3.8) is 0 Å². The topological polar surface area (TPSA) is 102 Å². The molecule has 0 spiro atoms. The lowest BCUT2D eigenvalue weighted by atomic mass is 9.57. The molecule has 7 nitrogen and oxygen atoms in total. The van der Waals surface area contributed by atoms with Crippen LogP contribution in [0.25, 0.3) is 0 Å². The number of nitrogens with zero attached hydrogens (tertiary/aromatic N) is 1. The summed E-state index contributed by atoms with van der Waals surface area (Å²) in [6.45, 7) is 7.51. The molecule has 1 radical (unpaired) electrons. The summed E-state index contributed by atoms with van der Waals surface area (Å²) in [6.07, 6.45) is 0. The van der Waals surface area contributed by atoms with E-state index in [1.165, 1.54) is 6.92 Å². The number of carbonyl (C=O) groups excluding carboxylic acids is 3. The number of primary amides is 1. The molecule has 0 saturated carbocycles. The molecule has 191 valence electrons. The maximum Gasteiger partial charge on any atom is 0.258 e. The van der Waals surface area contributed by atoms with Crippen LogP contribution in [-0.2, 0) is 26.3 Å². The van der Waals surface area contributed by atoms with Gasteiger partial charge in [-0.1, -0.05) is 55.5 Å². The summed E-state index contributed by atoms with van der Waals surface area (Å²) in [7, 11) is 0. The molecule has 0 bridgehead atoms. The van der Waals surface area contributed by atoms with Crippen molar-refractivity contribution in [3.8, 4) is 5.75 Å². The maximum atomic E-state index is 13.0. The Morgan fingerprint density at radius 3 is 2.32 bits per heavy atom. The van der Waals surface area contributed by atoms with Crippen LogP contribution in [0.15, 0.2) is 72.8 Å². The molecule has 2 atom stereocenters. The SMILES string of the molecule is CC(=O)N1c2cc[c]cc2C(C)(c2ccc(OCC(=O)NCc3ccccc3)cc2)C(C(N)=O)C1(C)C. The van der Waals surface area contributed by atoms with E-state index < -0.39 is 22.8 Å². The van der Waals surface area contributed by atoms with Crippen LogP contribution in [-0.4, -0.2) is 29.9 Å². The second-order valence-electron chi connectivity index (χ2n) is 10.1. The largest absolute Gasteiger partial charge is 0.484 e. The number of nitrogens with one attached hydrogen (secondary N) is 1. The Balaban J connectivity index is 1.59. The average molecular weight is 499 g/mol. The molecule has 3 amide bonds. The summed E-state index contributed by atoms with van der Waals surface area (Å²) >= 11 is 0. The molecule has 1 aliphatic rings. The fourth-order valence-corrected chi connectivity index (χ4v) is 5.76.